The van der Waals surface area contributed by atoms with E-state index in [0.717, 1.165) is 38.6 Å². The number of morpholine rings is 1. The Hall–Kier alpha value is -1.04. The fourth-order valence-corrected chi connectivity index (χ4v) is 4.82. The van der Waals surface area contributed by atoms with Gasteiger partial charge in [0.1, 0.15) is 0 Å². The van der Waals surface area contributed by atoms with E-state index in [1.54, 1.807) is 11.8 Å². The first-order valence-electron chi connectivity index (χ1n) is 9.50. The van der Waals surface area contributed by atoms with E-state index in [1.165, 1.54) is 37.7 Å². The number of ether oxygens (including phenoxy) is 1. The molecule has 0 radical (unpaired) electrons. The summed E-state index contributed by atoms with van der Waals surface area (Å²) in [7, 11) is 0. The number of nitrogens with zero attached hydrogens (tertiary/aromatic N) is 1. The van der Waals surface area contributed by atoms with E-state index in [-0.39, 0.29) is 11.4 Å². The molecule has 0 unspecified atom stereocenters. The number of benzene rings is 1. The van der Waals surface area contributed by atoms with E-state index in [0.29, 0.717) is 5.75 Å². The van der Waals surface area contributed by atoms with E-state index < -0.39 is 0 Å². The SMILES string of the molecule is O=C(CSCc1ccccc1)NCC1(N2CCOCC2)CCCCC1. The summed E-state index contributed by atoms with van der Waals surface area (Å²) in [6, 6.07) is 10.3. The zero-order chi connectivity index (χ0) is 17.4. The lowest BCUT2D eigenvalue weighted by Crippen LogP contribution is -2.59. The highest BCUT2D eigenvalue weighted by Gasteiger charge is 2.38. The number of carbonyl (C=O) groups is 1. The van der Waals surface area contributed by atoms with Crippen LogP contribution in [0.2, 0.25) is 0 Å². The summed E-state index contributed by atoms with van der Waals surface area (Å²) in [4.78, 5) is 14.9. The standard InChI is InChI=1S/C20H30N2O2S/c23-19(16-25-15-18-7-3-1-4-8-18)21-17-20(9-5-2-6-10-20)22-11-13-24-14-12-22/h1,3-4,7-8H,2,5-6,9-17H2,(H,21,23). The molecule has 1 aromatic carbocycles. The molecule has 1 aliphatic carbocycles. The van der Waals surface area contributed by atoms with Gasteiger partial charge in [-0.25, -0.2) is 0 Å². The van der Waals surface area contributed by atoms with Gasteiger partial charge in [-0.2, -0.15) is 0 Å². The summed E-state index contributed by atoms with van der Waals surface area (Å²) >= 11 is 1.69. The van der Waals surface area contributed by atoms with Crippen LogP contribution < -0.4 is 5.32 Å². The third-order valence-electron chi connectivity index (χ3n) is 5.43. The zero-order valence-electron chi connectivity index (χ0n) is 15.0. The molecule has 1 saturated heterocycles. The number of rotatable bonds is 7. The Balaban J connectivity index is 1.46. The van der Waals surface area contributed by atoms with Crippen LogP contribution in [0, 0.1) is 0 Å². The molecule has 0 atom stereocenters. The van der Waals surface area contributed by atoms with E-state index in [2.05, 4.69) is 22.3 Å². The van der Waals surface area contributed by atoms with Crippen LogP contribution in [0.5, 0.6) is 0 Å². The second kappa shape index (κ2) is 9.60. The summed E-state index contributed by atoms with van der Waals surface area (Å²) < 4.78 is 5.52. The molecule has 4 nitrogen and oxygen atoms in total. The monoisotopic (exact) mass is 362 g/mol. The van der Waals surface area contributed by atoms with Crippen molar-refractivity contribution < 1.29 is 9.53 Å². The molecule has 5 heteroatoms. The Bertz CT molecular complexity index is 526. The van der Waals surface area contributed by atoms with Crippen LogP contribution in [0.15, 0.2) is 30.3 Å². The van der Waals surface area contributed by atoms with E-state index in [4.69, 9.17) is 4.74 Å². The van der Waals surface area contributed by atoms with Gasteiger partial charge < -0.3 is 10.1 Å². The van der Waals surface area contributed by atoms with Crippen molar-refractivity contribution in [3.8, 4) is 0 Å². The Labute approximate surface area is 155 Å². The molecule has 1 aromatic rings. The molecule has 138 valence electrons. The fourth-order valence-electron chi connectivity index (χ4n) is 4.00. The van der Waals surface area contributed by atoms with Crippen molar-refractivity contribution in [1.29, 1.82) is 0 Å². The van der Waals surface area contributed by atoms with Gasteiger partial charge in [-0.15, -0.1) is 11.8 Å². The number of carbonyl (C=O) groups excluding carboxylic acids is 1. The second-order valence-corrected chi connectivity index (χ2v) is 8.13. The number of amides is 1. The lowest BCUT2D eigenvalue weighted by atomic mass is 9.79. The van der Waals surface area contributed by atoms with Gasteiger partial charge in [0.2, 0.25) is 5.91 Å². The van der Waals surface area contributed by atoms with Gasteiger partial charge in [0, 0.05) is 30.9 Å². The molecule has 1 N–H and O–H groups in total. The van der Waals surface area contributed by atoms with Crippen LogP contribution >= 0.6 is 11.8 Å². The molecule has 1 saturated carbocycles. The van der Waals surface area contributed by atoms with Gasteiger partial charge in [-0.05, 0) is 18.4 Å². The maximum absolute atomic E-state index is 12.3. The van der Waals surface area contributed by atoms with Crippen molar-refractivity contribution in [3.05, 3.63) is 35.9 Å². The number of thioether (sulfide) groups is 1. The van der Waals surface area contributed by atoms with Crippen molar-refractivity contribution in [2.75, 3.05) is 38.6 Å². The number of nitrogens with one attached hydrogen (secondary N) is 1. The molecule has 0 bridgehead atoms. The first kappa shape index (κ1) is 18.7. The molecule has 2 fully saturated rings. The lowest BCUT2D eigenvalue weighted by molar-refractivity contribution is -0.119. The van der Waals surface area contributed by atoms with E-state index in [9.17, 15) is 4.79 Å². The molecule has 1 aliphatic heterocycles. The first-order chi connectivity index (χ1) is 12.3. The quantitative estimate of drug-likeness (QED) is 0.809. The highest BCUT2D eigenvalue weighted by molar-refractivity contribution is 7.99. The smallest absolute Gasteiger partial charge is 0.230 e. The minimum absolute atomic E-state index is 0.155. The van der Waals surface area contributed by atoms with Crippen LogP contribution in [0.1, 0.15) is 37.7 Å². The highest BCUT2D eigenvalue weighted by atomic mass is 32.2. The molecular formula is C20H30N2O2S. The summed E-state index contributed by atoms with van der Waals surface area (Å²) in [6.45, 7) is 4.43. The number of hydrogen-bond donors (Lipinski definition) is 1. The maximum atomic E-state index is 12.3. The Kier molecular flexibility index (Phi) is 7.20. The van der Waals surface area contributed by atoms with Crippen LogP contribution in [0.3, 0.4) is 0 Å². The van der Waals surface area contributed by atoms with Crippen molar-refractivity contribution in [2.24, 2.45) is 0 Å². The zero-order valence-corrected chi connectivity index (χ0v) is 15.9. The van der Waals surface area contributed by atoms with Crippen molar-refractivity contribution >= 4 is 17.7 Å². The van der Waals surface area contributed by atoms with Crippen molar-refractivity contribution in [3.63, 3.8) is 0 Å². The molecule has 3 rings (SSSR count). The van der Waals surface area contributed by atoms with E-state index in [1.807, 2.05) is 18.2 Å². The van der Waals surface area contributed by atoms with Gasteiger partial charge in [0.05, 0.1) is 19.0 Å². The normalized spacial score (nSPS) is 21.0. The Morgan fingerprint density at radius 3 is 2.56 bits per heavy atom. The Morgan fingerprint density at radius 2 is 1.84 bits per heavy atom. The Morgan fingerprint density at radius 1 is 1.12 bits per heavy atom. The molecule has 0 spiro atoms. The minimum Gasteiger partial charge on any atom is -0.379 e. The second-order valence-electron chi connectivity index (χ2n) is 7.14. The average Bonchev–Trinajstić information content (AvgIpc) is 2.69. The van der Waals surface area contributed by atoms with Gasteiger partial charge in [0.15, 0.2) is 0 Å². The third kappa shape index (κ3) is 5.47. The van der Waals surface area contributed by atoms with Gasteiger partial charge in [-0.1, -0.05) is 49.6 Å². The highest BCUT2D eigenvalue weighted by Crippen LogP contribution is 2.33. The summed E-state index contributed by atoms with van der Waals surface area (Å²) in [5, 5.41) is 3.23. The molecule has 2 aliphatic rings. The average molecular weight is 363 g/mol. The van der Waals surface area contributed by atoms with Crippen LogP contribution in [-0.4, -0.2) is 54.9 Å². The summed E-state index contributed by atoms with van der Waals surface area (Å²) in [5.41, 5.74) is 1.43. The maximum Gasteiger partial charge on any atom is 0.230 e. The van der Waals surface area contributed by atoms with Crippen LogP contribution in [0.25, 0.3) is 0 Å². The predicted octanol–water partition coefficient (Wildman–Crippen LogP) is 3.07. The van der Waals surface area contributed by atoms with Gasteiger partial charge in [0.25, 0.3) is 0 Å². The lowest BCUT2D eigenvalue weighted by Gasteiger charge is -2.48. The fraction of sp³-hybridized carbons (Fsp3) is 0.650. The topological polar surface area (TPSA) is 41.6 Å². The third-order valence-corrected chi connectivity index (χ3v) is 6.43. The van der Waals surface area contributed by atoms with Gasteiger partial charge in [-0.3, -0.25) is 9.69 Å². The largest absolute Gasteiger partial charge is 0.379 e. The van der Waals surface area contributed by atoms with Crippen LogP contribution in [0.4, 0.5) is 0 Å². The summed E-state index contributed by atoms with van der Waals surface area (Å²) in [5.74, 6) is 1.59. The molecule has 1 heterocycles. The molecular weight excluding hydrogens is 332 g/mol. The first-order valence-corrected chi connectivity index (χ1v) is 10.7. The van der Waals surface area contributed by atoms with Crippen molar-refractivity contribution in [1.82, 2.24) is 10.2 Å². The minimum atomic E-state index is 0.155. The summed E-state index contributed by atoms with van der Waals surface area (Å²) in [6.07, 6.45) is 6.27. The van der Waals surface area contributed by atoms with Gasteiger partial charge >= 0.3 is 0 Å². The molecule has 1 amide bonds. The predicted molar refractivity (Wildman–Crippen MR) is 104 cm³/mol. The van der Waals surface area contributed by atoms with Crippen LogP contribution in [-0.2, 0) is 15.3 Å². The number of hydrogen-bond acceptors (Lipinski definition) is 4. The molecule has 25 heavy (non-hydrogen) atoms. The molecule has 0 aromatic heterocycles. The van der Waals surface area contributed by atoms with E-state index >= 15 is 0 Å². The van der Waals surface area contributed by atoms with Crippen molar-refractivity contribution in [2.45, 2.75) is 43.4 Å².